The average Bonchev–Trinajstić information content (AvgIpc) is 2.37. The van der Waals surface area contributed by atoms with Crippen LogP contribution < -0.4 is 10.1 Å². The van der Waals surface area contributed by atoms with Crippen molar-refractivity contribution in [2.45, 2.75) is 6.18 Å². The van der Waals surface area contributed by atoms with Gasteiger partial charge in [0, 0.05) is 12.2 Å². The Morgan fingerprint density at radius 3 is 2.45 bits per heavy atom. The first-order chi connectivity index (χ1) is 9.35. The van der Waals surface area contributed by atoms with E-state index in [4.69, 9.17) is 4.74 Å². The van der Waals surface area contributed by atoms with Gasteiger partial charge in [-0.3, -0.25) is 0 Å². The zero-order valence-corrected chi connectivity index (χ0v) is 10.9. The fraction of sp³-hybridized carbons (Fsp3) is 0.308. The van der Waals surface area contributed by atoms with Crippen molar-refractivity contribution >= 4 is 11.7 Å². The summed E-state index contributed by atoms with van der Waals surface area (Å²) in [6.07, 6.45) is -3.22. The minimum Gasteiger partial charge on any atom is -0.497 e. The van der Waals surface area contributed by atoms with Gasteiger partial charge in [-0.2, -0.15) is 13.2 Å². The molecule has 0 atom stereocenters. The minimum absolute atomic E-state index is 0.193. The lowest BCUT2D eigenvalue weighted by molar-refractivity contribution is -0.138. The van der Waals surface area contributed by atoms with Crippen molar-refractivity contribution in [2.75, 3.05) is 25.5 Å². The van der Waals surface area contributed by atoms with E-state index in [-0.39, 0.29) is 6.54 Å². The molecule has 0 radical (unpaired) electrons. The molecule has 110 valence electrons. The Balaban J connectivity index is 2.71. The molecule has 4 nitrogen and oxygen atoms in total. The molecule has 2 amide bonds. The number of carbonyl (C=O) groups is 1. The maximum atomic E-state index is 12.4. The number of alkyl halides is 3. The molecule has 7 heteroatoms. The number of carbonyl (C=O) groups excluding carboxylic acids is 1. The molecule has 0 spiro atoms. The number of nitrogens with zero attached hydrogens (tertiary/aromatic N) is 1. The minimum atomic E-state index is -4.46. The average molecular weight is 288 g/mol. The van der Waals surface area contributed by atoms with Crippen LogP contribution in [0.2, 0.25) is 0 Å². The molecule has 1 aromatic rings. The molecule has 0 bridgehead atoms. The van der Waals surface area contributed by atoms with Crippen LogP contribution in [0.5, 0.6) is 5.75 Å². The van der Waals surface area contributed by atoms with Gasteiger partial charge in [0.15, 0.2) is 0 Å². The SMILES string of the molecule is C=CCN(CC(F)(F)F)C(=O)Nc1ccc(OC)cc1. The third-order valence-electron chi connectivity index (χ3n) is 2.35. The van der Waals surface area contributed by atoms with Crippen LogP contribution in [0.3, 0.4) is 0 Å². The summed E-state index contributed by atoms with van der Waals surface area (Å²) in [4.78, 5) is 12.4. The van der Waals surface area contributed by atoms with Crippen LogP contribution in [-0.2, 0) is 0 Å². The second-order valence-electron chi connectivity index (χ2n) is 3.94. The van der Waals surface area contributed by atoms with Gasteiger partial charge in [0.05, 0.1) is 7.11 Å². The molecule has 20 heavy (non-hydrogen) atoms. The largest absolute Gasteiger partial charge is 0.497 e. The van der Waals surface area contributed by atoms with E-state index in [1.807, 2.05) is 0 Å². The molecule has 0 saturated carbocycles. The summed E-state index contributed by atoms with van der Waals surface area (Å²) in [6, 6.07) is 5.42. The van der Waals surface area contributed by atoms with Gasteiger partial charge >= 0.3 is 12.2 Å². The first-order valence-corrected chi connectivity index (χ1v) is 5.73. The summed E-state index contributed by atoms with van der Waals surface area (Å²) < 4.78 is 42.0. The lowest BCUT2D eigenvalue weighted by Crippen LogP contribution is -2.41. The number of methoxy groups -OCH3 is 1. The second-order valence-corrected chi connectivity index (χ2v) is 3.94. The van der Waals surface area contributed by atoms with Crippen LogP contribution in [0.15, 0.2) is 36.9 Å². The predicted octanol–water partition coefficient (Wildman–Crippen LogP) is 3.28. The number of benzene rings is 1. The lowest BCUT2D eigenvalue weighted by atomic mass is 10.3. The summed E-state index contributed by atoms with van der Waals surface area (Å²) >= 11 is 0. The van der Waals surface area contributed by atoms with E-state index >= 15 is 0 Å². The zero-order valence-electron chi connectivity index (χ0n) is 10.9. The van der Waals surface area contributed by atoms with Crippen LogP contribution in [0.1, 0.15) is 0 Å². The van der Waals surface area contributed by atoms with Gasteiger partial charge in [-0.15, -0.1) is 6.58 Å². The molecular weight excluding hydrogens is 273 g/mol. The molecule has 0 saturated heterocycles. The first kappa shape index (κ1) is 15.9. The van der Waals surface area contributed by atoms with Crippen molar-refractivity contribution in [1.29, 1.82) is 0 Å². The molecule has 0 aliphatic heterocycles. The number of anilines is 1. The number of rotatable bonds is 5. The predicted molar refractivity (Wildman–Crippen MR) is 69.8 cm³/mol. The molecule has 1 N–H and O–H groups in total. The van der Waals surface area contributed by atoms with Gasteiger partial charge in [0.25, 0.3) is 0 Å². The van der Waals surface area contributed by atoms with Crippen LogP contribution in [0.4, 0.5) is 23.7 Å². The second kappa shape index (κ2) is 6.83. The normalized spacial score (nSPS) is 10.8. The van der Waals surface area contributed by atoms with Crippen molar-refractivity contribution in [3.8, 4) is 5.75 Å². The van der Waals surface area contributed by atoms with E-state index in [1.165, 1.54) is 25.3 Å². The number of urea groups is 1. The third kappa shape index (κ3) is 5.21. The Hall–Kier alpha value is -2.18. The fourth-order valence-corrected chi connectivity index (χ4v) is 1.47. The van der Waals surface area contributed by atoms with E-state index in [1.54, 1.807) is 12.1 Å². The van der Waals surface area contributed by atoms with Gasteiger partial charge in [-0.1, -0.05) is 6.08 Å². The van der Waals surface area contributed by atoms with E-state index in [0.29, 0.717) is 16.3 Å². The summed E-state index contributed by atoms with van der Waals surface area (Å²) in [5, 5.41) is 2.38. The smallest absolute Gasteiger partial charge is 0.406 e. The Morgan fingerprint density at radius 2 is 2.00 bits per heavy atom. The van der Waals surface area contributed by atoms with Gasteiger partial charge in [0.1, 0.15) is 12.3 Å². The van der Waals surface area contributed by atoms with E-state index in [9.17, 15) is 18.0 Å². The van der Waals surface area contributed by atoms with Crippen LogP contribution in [-0.4, -0.2) is 37.3 Å². The van der Waals surface area contributed by atoms with Crippen molar-refractivity contribution in [1.82, 2.24) is 4.90 Å². The van der Waals surface area contributed by atoms with Crippen LogP contribution in [0, 0.1) is 0 Å². The maximum absolute atomic E-state index is 12.4. The number of hydrogen-bond acceptors (Lipinski definition) is 2. The molecular formula is C13H15F3N2O2. The first-order valence-electron chi connectivity index (χ1n) is 5.73. The van der Waals surface area contributed by atoms with Crippen molar-refractivity contribution in [3.63, 3.8) is 0 Å². The van der Waals surface area contributed by atoms with Gasteiger partial charge < -0.3 is 15.0 Å². The highest BCUT2D eigenvalue weighted by Gasteiger charge is 2.32. The van der Waals surface area contributed by atoms with Crippen molar-refractivity contribution < 1.29 is 22.7 Å². The molecule has 0 aliphatic rings. The molecule has 1 rings (SSSR count). The maximum Gasteiger partial charge on any atom is 0.406 e. The highest BCUT2D eigenvalue weighted by molar-refractivity contribution is 5.89. The topological polar surface area (TPSA) is 41.6 Å². The quantitative estimate of drug-likeness (QED) is 0.845. The summed E-state index contributed by atoms with van der Waals surface area (Å²) in [7, 11) is 1.49. The molecule has 1 aromatic carbocycles. The number of hydrogen-bond donors (Lipinski definition) is 1. The monoisotopic (exact) mass is 288 g/mol. The number of amides is 2. The molecule has 0 unspecified atom stereocenters. The standard InChI is InChI=1S/C13H15F3N2O2/c1-3-8-18(9-13(14,15)16)12(19)17-10-4-6-11(20-2)7-5-10/h3-7H,1,8-9H2,2H3,(H,17,19). The fourth-order valence-electron chi connectivity index (χ4n) is 1.47. The van der Waals surface area contributed by atoms with Crippen LogP contribution in [0.25, 0.3) is 0 Å². The molecule has 0 aromatic heterocycles. The van der Waals surface area contributed by atoms with E-state index in [0.717, 1.165) is 0 Å². The summed E-state index contributed by atoms with van der Waals surface area (Å²) in [6.45, 7) is 1.81. The van der Waals surface area contributed by atoms with Crippen molar-refractivity contribution in [3.05, 3.63) is 36.9 Å². The van der Waals surface area contributed by atoms with E-state index in [2.05, 4.69) is 11.9 Å². The van der Waals surface area contributed by atoms with Gasteiger partial charge in [0.2, 0.25) is 0 Å². The Morgan fingerprint density at radius 1 is 1.40 bits per heavy atom. The van der Waals surface area contributed by atoms with Gasteiger partial charge in [-0.25, -0.2) is 4.79 Å². The number of halogens is 3. The Bertz CT molecular complexity index is 458. The lowest BCUT2D eigenvalue weighted by Gasteiger charge is -2.22. The summed E-state index contributed by atoms with van der Waals surface area (Å²) in [5.74, 6) is 0.584. The molecule has 0 fully saturated rings. The Labute approximate surface area is 114 Å². The highest BCUT2D eigenvalue weighted by Crippen LogP contribution is 2.18. The van der Waals surface area contributed by atoms with Crippen LogP contribution >= 0.6 is 0 Å². The Kier molecular flexibility index (Phi) is 5.42. The third-order valence-corrected chi connectivity index (χ3v) is 2.35. The molecule has 0 heterocycles. The number of ether oxygens (including phenoxy) is 1. The van der Waals surface area contributed by atoms with E-state index < -0.39 is 18.8 Å². The molecule has 0 aliphatic carbocycles. The zero-order chi connectivity index (χ0) is 15.2. The van der Waals surface area contributed by atoms with Crippen molar-refractivity contribution in [2.24, 2.45) is 0 Å². The van der Waals surface area contributed by atoms with Gasteiger partial charge in [-0.05, 0) is 24.3 Å². The summed E-state index contributed by atoms with van der Waals surface area (Å²) in [5.41, 5.74) is 0.382. The number of nitrogens with one attached hydrogen (secondary N) is 1. The highest BCUT2D eigenvalue weighted by atomic mass is 19.4.